The van der Waals surface area contributed by atoms with Crippen LogP contribution in [0.4, 0.5) is 10.5 Å². The van der Waals surface area contributed by atoms with Crippen LogP contribution in [0.3, 0.4) is 0 Å². The van der Waals surface area contributed by atoms with Gasteiger partial charge < -0.3 is 14.6 Å². The predicted octanol–water partition coefficient (Wildman–Crippen LogP) is 3.76. The molecule has 2 amide bonds. The molecule has 0 saturated heterocycles. The van der Waals surface area contributed by atoms with Crippen molar-refractivity contribution in [3.63, 3.8) is 0 Å². The highest BCUT2D eigenvalue weighted by Gasteiger charge is 2.19. The lowest BCUT2D eigenvalue weighted by Crippen LogP contribution is -2.23. The van der Waals surface area contributed by atoms with E-state index in [1.54, 1.807) is 25.1 Å². The third-order valence-corrected chi connectivity index (χ3v) is 4.31. The highest BCUT2D eigenvalue weighted by atomic mass is 16.5. The van der Waals surface area contributed by atoms with Crippen LogP contribution in [0.15, 0.2) is 34.9 Å². The fourth-order valence-corrected chi connectivity index (χ4v) is 2.74. The lowest BCUT2D eigenvalue weighted by atomic mass is 10.0. The smallest absolute Gasteiger partial charge is 0.411 e. The quantitative estimate of drug-likeness (QED) is 0.696. The number of amides is 2. The third-order valence-electron chi connectivity index (χ3n) is 4.31. The minimum absolute atomic E-state index is 0.149. The first-order valence-corrected chi connectivity index (χ1v) is 8.88. The van der Waals surface area contributed by atoms with Gasteiger partial charge in [-0.1, -0.05) is 31.1 Å². The summed E-state index contributed by atoms with van der Waals surface area (Å²) in [5.41, 5.74) is 3.76. The van der Waals surface area contributed by atoms with Gasteiger partial charge in [0, 0.05) is 17.9 Å². The van der Waals surface area contributed by atoms with Crippen LogP contribution in [0.2, 0.25) is 0 Å². The van der Waals surface area contributed by atoms with Crippen molar-refractivity contribution >= 4 is 28.8 Å². The molecule has 0 aliphatic carbocycles. The van der Waals surface area contributed by atoms with Gasteiger partial charge in [-0.2, -0.15) is 0 Å². The molecule has 0 aliphatic heterocycles. The van der Waals surface area contributed by atoms with Crippen molar-refractivity contribution in [2.75, 3.05) is 12.4 Å². The summed E-state index contributed by atoms with van der Waals surface area (Å²) in [4.78, 5) is 28.5. The van der Waals surface area contributed by atoms with Gasteiger partial charge in [-0.05, 0) is 36.6 Å². The van der Waals surface area contributed by atoms with Crippen LogP contribution in [0.5, 0.6) is 0 Å². The van der Waals surface area contributed by atoms with Crippen molar-refractivity contribution in [2.24, 2.45) is 0 Å². The van der Waals surface area contributed by atoms with Crippen molar-refractivity contribution in [3.8, 4) is 0 Å². The first kappa shape index (κ1) is 19.3. The number of rotatable bonds is 5. The molecular formula is C20H22N4O4. The molecule has 0 fully saturated rings. The standard InChI is InChI=1S/C20H22N4O4/c1-11(2)16-9-15(17-12(3)24-28-19(17)23-16)18(25)21-10-13-5-7-14(8-6-13)22-20(26)27-4/h5-9,11H,10H2,1-4H3,(H,21,25)(H,22,26). The van der Waals surface area contributed by atoms with Crippen LogP contribution in [-0.4, -0.2) is 29.3 Å². The van der Waals surface area contributed by atoms with Gasteiger partial charge in [-0.25, -0.2) is 9.78 Å². The average Bonchev–Trinajstić information content (AvgIpc) is 3.07. The summed E-state index contributed by atoms with van der Waals surface area (Å²) in [5.74, 6) is -0.0754. The molecule has 8 heteroatoms. The molecule has 0 unspecified atom stereocenters. The number of benzene rings is 1. The highest BCUT2D eigenvalue weighted by molar-refractivity contribution is 6.06. The number of pyridine rings is 1. The van der Waals surface area contributed by atoms with E-state index in [2.05, 4.69) is 25.5 Å². The lowest BCUT2D eigenvalue weighted by Gasteiger charge is -2.10. The summed E-state index contributed by atoms with van der Waals surface area (Å²) in [7, 11) is 1.30. The zero-order chi connectivity index (χ0) is 20.3. The second-order valence-electron chi connectivity index (χ2n) is 6.69. The number of nitrogens with one attached hydrogen (secondary N) is 2. The molecule has 0 saturated carbocycles. The molecule has 0 bridgehead atoms. The van der Waals surface area contributed by atoms with Crippen molar-refractivity contribution < 1.29 is 18.8 Å². The topological polar surface area (TPSA) is 106 Å². The molecule has 146 valence electrons. The maximum absolute atomic E-state index is 12.8. The first-order valence-electron chi connectivity index (χ1n) is 8.88. The van der Waals surface area contributed by atoms with Crippen molar-refractivity contribution in [3.05, 3.63) is 52.8 Å². The van der Waals surface area contributed by atoms with E-state index in [-0.39, 0.29) is 11.8 Å². The number of hydrogen-bond acceptors (Lipinski definition) is 6. The normalized spacial score (nSPS) is 10.9. The minimum atomic E-state index is -0.534. The van der Waals surface area contributed by atoms with E-state index >= 15 is 0 Å². The first-order chi connectivity index (χ1) is 13.4. The van der Waals surface area contributed by atoms with E-state index in [1.807, 2.05) is 26.0 Å². The van der Waals surface area contributed by atoms with Crippen LogP contribution in [-0.2, 0) is 11.3 Å². The Bertz CT molecular complexity index is 1010. The maximum Gasteiger partial charge on any atom is 0.411 e. The van der Waals surface area contributed by atoms with Crippen LogP contribution < -0.4 is 10.6 Å². The third kappa shape index (κ3) is 4.11. The fourth-order valence-electron chi connectivity index (χ4n) is 2.74. The van der Waals surface area contributed by atoms with Gasteiger partial charge in [0.05, 0.1) is 23.8 Å². The van der Waals surface area contributed by atoms with Crippen LogP contribution in [0.1, 0.15) is 47.1 Å². The molecule has 2 heterocycles. The number of methoxy groups -OCH3 is 1. The highest BCUT2D eigenvalue weighted by Crippen LogP contribution is 2.25. The molecule has 0 aliphatic rings. The second kappa shape index (κ2) is 8.08. The van der Waals surface area contributed by atoms with Gasteiger partial charge in [-0.3, -0.25) is 10.1 Å². The van der Waals surface area contributed by atoms with E-state index in [4.69, 9.17) is 4.52 Å². The number of aromatic nitrogens is 2. The van der Waals surface area contributed by atoms with Gasteiger partial charge in [0.15, 0.2) is 0 Å². The Morgan fingerprint density at radius 2 is 1.93 bits per heavy atom. The average molecular weight is 382 g/mol. The molecule has 3 rings (SSSR count). The van der Waals surface area contributed by atoms with Crippen molar-refractivity contribution in [2.45, 2.75) is 33.2 Å². The Labute approximate surface area is 162 Å². The number of aryl methyl sites for hydroxylation is 1. The second-order valence-corrected chi connectivity index (χ2v) is 6.69. The number of hydrogen-bond donors (Lipinski definition) is 2. The Hall–Kier alpha value is -3.42. The number of fused-ring (bicyclic) bond motifs is 1. The zero-order valence-electron chi connectivity index (χ0n) is 16.2. The number of carbonyl (C=O) groups is 2. The Morgan fingerprint density at radius 3 is 2.57 bits per heavy atom. The number of nitrogens with zero attached hydrogens (tertiary/aromatic N) is 2. The maximum atomic E-state index is 12.8. The summed E-state index contributed by atoms with van der Waals surface area (Å²) >= 11 is 0. The predicted molar refractivity (Wildman–Crippen MR) is 104 cm³/mol. The SMILES string of the molecule is COC(=O)Nc1ccc(CNC(=O)c2cc(C(C)C)nc3onc(C)c23)cc1. The number of carbonyl (C=O) groups excluding carboxylic acids is 2. The molecule has 0 radical (unpaired) electrons. The number of anilines is 1. The summed E-state index contributed by atoms with van der Waals surface area (Å²) in [6.45, 7) is 6.13. The Kier molecular flexibility index (Phi) is 5.58. The molecular weight excluding hydrogens is 360 g/mol. The molecule has 28 heavy (non-hydrogen) atoms. The molecule has 8 nitrogen and oxygen atoms in total. The molecule has 1 aromatic carbocycles. The zero-order valence-corrected chi connectivity index (χ0v) is 16.2. The van der Waals surface area contributed by atoms with Crippen LogP contribution in [0, 0.1) is 6.92 Å². The molecule has 2 aromatic heterocycles. The minimum Gasteiger partial charge on any atom is -0.453 e. The fraction of sp³-hybridized carbons (Fsp3) is 0.300. The van der Waals surface area contributed by atoms with Crippen LogP contribution >= 0.6 is 0 Å². The van der Waals surface area contributed by atoms with Gasteiger partial charge in [-0.15, -0.1) is 0 Å². The molecule has 0 spiro atoms. The molecule has 0 atom stereocenters. The summed E-state index contributed by atoms with van der Waals surface area (Å²) in [6, 6.07) is 8.90. The molecule has 3 aromatic rings. The number of ether oxygens (including phenoxy) is 1. The lowest BCUT2D eigenvalue weighted by molar-refractivity contribution is 0.0952. The largest absolute Gasteiger partial charge is 0.453 e. The monoisotopic (exact) mass is 382 g/mol. The van der Waals surface area contributed by atoms with Gasteiger partial charge in [0.1, 0.15) is 0 Å². The van der Waals surface area contributed by atoms with Crippen LogP contribution in [0.25, 0.3) is 11.1 Å². The van der Waals surface area contributed by atoms with E-state index in [1.165, 1.54) is 7.11 Å². The Morgan fingerprint density at radius 1 is 1.21 bits per heavy atom. The van der Waals surface area contributed by atoms with E-state index < -0.39 is 6.09 Å². The van der Waals surface area contributed by atoms with Crippen molar-refractivity contribution in [1.82, 2.24) is 15.5 Å². The van der Waals surface area contributed by atoms with E-state index in [0.29, 0.717) is 34.6 Å². The molecule has 2 N–H and O–H groups in total. The Balaban J connectivity index is 1.76. The summed E-state index contributed by atoms with van der Waals surface area (Å²) in [5, 5.41) is 10.1. The van der Waals surface area contributed by atoms with E-state index in [9.17, 15) is 9.59 Å². The van der Waals surface area contributed by atoms with Crippen molar-refractivity contribution in [1.29, 1.82) is 0 Å². The van der Waals surface area contributed by atoms with Gasteiger partial charge in [0.2, 0.25) is 0 Å². The summed E-state index contributed by atoms with van der Waals surface area (Å²) in [6.07, 6.45) is -0.534. The van der Waals surface area contributed by atoms with E-state index in [0.717, 1.165) is 11.3 Å². The van der Waals surface area contributed by atoms with Gasteiger partial charge >= 0.3 is 6.09 Å². The summed E-state index contributed by atoms with van der Waals surface area (Å²) < 4.78 is 9.81. The van der Waals surface area contributed by atoms with Gasteiger partial charge in [0.25, 0.3) is 11.6 Å².